The van der Waals surface area contributed by atoms with Gasteiger partial charge in [-0.05, 0) is 45.8 Å². The van der Waals surface area contributed by atoms with Crippen molar-refractivity contribution >= 4 is 11.7 Å². The Bertz CT molecular complexity index is 269. The number of amides is 1. The molecule has 4 nitrogen and oxygen atoms in total. The number of carbonyl (C=O) groups excluding carboxylic acids is 2. The van der Waals surface area contributed by atoms with E-state index in [9.17, 15) is 9.59 Å². The van der Waals surface area contributed by atoms with Crippen molar-refractivity contribution in [2.45, 2.75) is 32.6 Å². The van der Waals surface area contributed by atoms with Crippen LogP contribution in [0.5, 0.6) is 0 Å². The van der Waals surface area contributed by atoms with Crippen LogP contribution in [0, 0.1) is 5.92 Å². The van der Waals surface area contributed by atoms with Gasteiger partial charge in [-0.3, -0.25) is 9.59 Å². The molecule has 1 aliphatic heterocycles. The van der Waals surface area contributed by atoms with Crippen molar-refractivity contribution in [3.05, 3.63) is 0 Å². The smallest absolute Gasteiger partial charge is 0.222 e. The highest BCUT2D eigenvalue weighted by Crippen LogP contribution is 2.18. The van der Waals surface area contributed by atoms with Crippen LogP contribution >= 0.6 is 0 Å². The average molecular weight is 240 g/mol. The molecule has 1 fully saturated rings. The average Bonchev–Trinajstić information content (AvgIpc) is 2.29. The molecule has 0 aromatic heterocycles. The summed E-state index contributed by atoms with van der Waals surface area (Å²) in [7, 11) is 3.58. The molecule has 17 heavy (non-hydrogen) atoms. The van der Waals surface area contributed by atoms with E-state index in [0.29, 0.717) is 12.2 Å². The van der Waals surface area contributed by atoms with Gasteiger partial charge in [-0.15, -0.1) is 0 Å². The number of ketones is 1. The molecule has 0 unspecified atom stereocenters. The Hall–Kier alpha value is -0.900. The maximum atomic E-state index is 11.4. The minimum absolute atomic E-state index is 0.198. The molecule has 4 heteroatoms. The quantitative estimate of drug-likeness (QED) is 0.724. The van der Waals surface area contributed by atoms with Gasteiger partial charge in [-0.25, -0.2) is 0 Å². The van der Waals surface area contributed by atoms with Crippen LogP contribution in [0.2, 0.25) is 0 Å². The Kier molecular flexibility index (Phi) is 5.62. The second-order valence-corrected chi connectivity index (χ2v) is 5.12. The van der Waals surface area contributed by atoms with E-state index < -0.39 is 0 Å². The lowest BCUT2D eigenvalue weighted by atomic mass is 9.93. The van der Waals surface area contributed by atoms with Gasteiger partial charge in [0.05, 0.1) is 0 Å². The number of rotatable bonds is 5. The molecule has 0 aliphatic carbocycles. The molecule has 0 radical (unpaired) electrons. The highest BCUT2D eigenvalue weighted by atomic mass is 16.2. The first-order valence-corrected chi connectivity index (χ1v) is 6.43. The van der Waals surface area contributed by atoms with Crippen LogP contribution < -0.4 is 0 Å². The fraction of sp³-hybridized carbons (Fsp3) is 0.846. The molecular weight excluding hydrogens is 216 g/mol. The zero-order chi connectivity index (χ0) is 12.8. The summed E-state index contributed by atoms with van der Waals surface area (Å²) in [4.78, 5) is 26.6. The van der Waals surface area contributed by atoms with Crippen LogP contribution in [0.15, 0.2) is 0 Å². The summed E-state index contributed by atoms with van der Waals surface area (Å²) in [6.45, 7) is 4.67. The van der Waals surface area contributed by atoms with E-state index in [4.69, 9.17) is 0 Å². The molecule has 1 heterocycles. The Morgan fingerprint density at radius 3 is 2.29 bits per heavy atom. The summed E-state index contributed by atoms with van der Waals surface area (Å²) in [6.07, 6.45) is 3.51. The molecule has 0 bridgehead atoms. The summed E-state index contributed by atoms with van der Waals surface area (Å²) >= 11 is 0. The number of piperidine rings is 1. The van der Waals surface area contributed by atoms with Crippen molar-refractivity contribution in [1.82, 2.24) is 9.80 Å². The van der Waals surface area contributed by atoms with Crippen LogP contribution in [0.3, 0.4) is 0 Å². The number of Topliss-reactive ketones (excluding diaryl/α,β-unsaturated/α-hetero) is 1. The largest absolute Gasteiger partial charge is 0.349 e. The van der Waals surface area contributed by atoms with Gasteiger partial charge in [0.15, 0.2) is 0 Å². The van der Waals surface area contributed by atoms with E-state index in [0.717, 1.165) is 38.9 Å². The monoisotopic (exact) mass is 240 g/mol. The number of carbonyl (C=O) groups is 2. The lowest BCUT2D eigenvalue weighted by Gasteiger charge is -2.30. The first-order valence-electron chi connectivity index (χ1n) is 6.43. The molecule has 98 valence electrons. The molecule has 1 amide bonds. The van der Waals surface area contributed by atoms with Gasteiger partial charge in [0.25, 0.3) is 0 Å². The fourth-order valence-corrected chi connectivity index (χ4v) is 2.24. The lowest BCUT2D eigenvalue weighted by molar-refractivity contribution is -0.128. The Labute approximate surface area is 104 Å². The SMILES string of the molecule is CC(=O)C1CCN(CCCC(=O)N(C)C)CC1. The van der Waals surface area contributed by atoms with E-state index in [2.05, 4.69) is 4.90 Å². The van der Waals surface area contributed by atoms with Crippen molar-refractivity contribution < 1.29 is 9.59 Å². The van der Waals surface area contributed by atoms with Gasteiger partial charge < -0.3 is 9.80 Å². The Balaban J connectivity index is 2.14. The first kappa shape index (κ1) is 14.2. The third-order valence-corrected chi connectivity index (χ3v) is 3.53. The molecule has 1 rings (SSSR count). The van der Waals surface area contributed by atoms with Crippen molar-refractivity contribution in [1.29, 1.82) is 0 Å². The predicted octanol–water partition coefficient (Wildman–Crippen LogP) is 1.16. The molecule has 0 aromatic carbocycles. The van der Waals surface area contributed by atoms with Crippen LogP contribution in [0.25, 0.3) is 0 Å². The number of hydrogen-bond acceptors (Lipinski definition) is 3. The minimum Gasteiger partial charge on any atom is -0.349 e. The number of hydrogen-bond donors (Lipinski definition) is 0. The summed E-state index contributed by atoms with van der Waals surface area (Å²) in [5, 5.41) is 0. The van der Waals surface area contributed by atoms with Gasteiger partial charge in [-0.1, -0.05) is 0 Å². The second kappa shape index (κ2) is 6.74. The van der Waals surface area contributed by atoms with E-state index >= 15 is 0 Å². The molecule has 1 aliphatic rings. The molecular formula is C13H24N2O2. The third-order valence-electron chi connectivity index (χ3n) is 3.53. The lowest BCUT2D eigenvalue weighted by Crippen LogP contribution is -2.36. The summed E-state index contributed by atoms with van der Waals surface area (Å²) in [5.41, 5.74) is 0. The van der Waals surface area contributed by atoms with Gasteiger partial charge in [0, 0.05) is 26.4 Å². The topological polar surface area (TPSA) is 40.6 Å². The van der Waals surface area contributed by atoms with E-state index in [-0.39, 0.29) is 11.8 Å². The number of likely N-dealkylation sites (tertiary alicyclic amines) is 1. The van der Waals surface area contributed by atoms with Crippen molar-refractivity contribution in [2.75, 3.05) is 33.7 Å². The van der Waals surface area contributed by atoms with E-state index in [1.807, 2.05) is 0 Å². The predicted molar refractivity (Wildman–Crippen MR) is 67.8 cm³/mol. The zero-order valence-electron chi connectivity index (χ0n) is 11.2. The zero-order valence-corrected chi connectivity index (χ0v) is 11.2. The normalized spacial score (nSPS) is 18.1. The Morgan fingerprint density at radius 1 is 1.24 bits per heavy atom. The minimum atomic E-state index is 0.198. The molecule has 1 saturated heterocycles. The van der Waals surface area contributed by atoms with Crippen molar-refractivity contribution in [2.24, 2.45) is 5.92 Å². The second-order valence-electron chi connectivity index (χ2n) is 5.12. The van der Waals surface area contributed by atoms with Crippen LogP contribution in [0.1, 0.15) is 32.6 Å². The number of nitrogens with zero attached hydrogens (tertiary/aromatic N) is 2. The maximum absolute atomic E-state index is 11.4. The molecule has 0 atom stereocenters. The highest BCUT2D eigenvalue weighted by molar-refractivity contribution is 5.78. The molecule has 0 spiro atoms. The van der Waals surface area contributed by atoms with Gasteiger partial charge in [-0.2, -0.15) is 0 Å². The van der Waals surface area contributed by atoms with Crippen LogP contribution in [-0.4, -0.2) is 55.2 Å². The van der Waals surface area contributed by atoms with Gasteiger partial charge in [0.2, 0.25) is 5.91 Å². The summed E-state index contributed by atoms with van der Waals surface area (Å²) < 4.78 is 0. The summed E-state index contributed by atoms with van der Waals surface area (Å²) in [6, 6.07) is 0. The van der Waals surface area contributed by atoms with E-state index in [1.54, 1.807) is 25.9 Å². The highest BCUT2D eigenvalue weighted by Gasteiger charge is 2.21. The standard InChI is InChI=1S/C13H24N2O2/c1-11(16)12-6-9-15(10-7-12)8-4-5-13(17)14(2)3/h12H,4-10H2,1-3H3. The maximum Gasteiger partial charge on any atom is 0.222 e. The van der Waals surface area contributed by atoms with Crippen molar-refractivity contribution in [3.8, 4) is 0 Å². The molecule has 0 saturated carbocycles. The Morgan fingerprint density at radius 2 is 1.82 bits per heavy atom. The third kappa shape index (κ3) is 4.86. The van der Waals surface area contributed by atoms with Gasteiger partial charge in [0.1, 0.15) is 5.78 Å². The summed E-state index contributed by atoms with van der Waals surface area (Å²) in [5.74, 6) is 0.797. The first-order chi connectivity index (χ1) is 8.00. The van der Waals surface area contributed by atoms with Crippen molar-refractivity contribution in [3.63, 3.8) is 0 Å². The van der Waals surface area contributed by atoms with E-state index in [1.165, 1.54) is 0 Å². The van der Waals surface area contributed by atoms with Crippen LogP contribution in [-0.2, 0) is 9.59 Å². The molecule has 0 aromatic rings. The molecule has 0 N–H and O–H groups in total. The van der Waals surface area contributed by atoms with Crippen LogP contribution in [0.4, 0.5) is 0 Å². The van der Waals surface area contributed by atoms with Gasteiger partial charge >= 0.3 is 0 Å². The fourth-order valence-electron chi connectivity index (χ4n) is 2.24.